The van der Waals surface area contributed by atoms with Gasteiger partial charge >= 0.3 is 0 Å². The highest BCUT2D eigenvalue weighted by Crippen LogP contribution is 2.27. The molecule has 1 aliphatic carbocycles. The monoisotopic (exact) mass is 195 g/mol. The Morgan fingerprint density at radius 1 is 1.57 bits per heavy atom. The zero-order chi connectivity index (χ0) is 9.97. The molecule has 4 heteroatoms. The Bertz CT molecular complexity index is 292. The van der Waals surface area contributed by atoms with Gasteiger partial charge in [-0.3, -0.25) is 4.79 Å². The zero-order valence-electron chi connectivity index (χ0n) is 8.03. The Balaban J connectivity index is 2.06. The van der Waals surface area contributed by atoms with Crippen LogP contribution in [-0.2, 0) is 14.3 Å². The summed E-state index contributed by atoms with van der Waals surface area (Å²) in [4.78, 5) is 10.6. The summed E-state index contributed by atoms with van der Waals surface area (Å²) in [5.74, 6) is 0.722. The van der Waals surface area contributed by atoms with E-state index in [1.165, 1.54) is 0 Å². The van der Waals surface area contributed by atoms with E-state index in [0.717, 1.165) is 24.9 Å². The summed E-state index contributed by atoms with van der Waals surface area (Å²) in [6.07, 6.45) is 6.55. The lowest BCUT2D eigenvalue weighted by Gasteiger charge is -2.20. The van der Waals surface area contributed by atoms with E-state index in [0.29, 0.717) is 11.8 Å². The number of aldehydes is 1. The minimum atomic E-state index is -0.269. The second-order valence-electron chi connectivity index (χ2n) is 3.40. The SMILES string of the molecule is COC1C=C(OC2CC2)C=C(C=O)N1. The van der Waals surface area contributed by atoms with E-state index in [4.69, 9.17) is 9.47 Å². The summed E-state index contributed by atoms with van der Waals surface area (Å²) < 4.78 is 10.7. The molecular formula is C10H13NO3. The fraction of sp³-hybridized carbons (Fsp3) is 0.500. The molecule has 2 rings (SSSR count). The van der Waals surface area contributed by atoms with Gasteiger partial charge in [0.1, 0.15) is 5.76 Å². The third-order valence-corrected chi connectivity index (χ3v) is 2.13. The molecule has 0 saturated heterocycles. The number of hydrogen-bond acceptors (Lipinski definition) is 4. The van der Waals surface area contributed by atoms with E-state index >= 15 is 0 Å². The molecule has 1 saturated carbocycles. The molecule has 0 aromatic carbocycles. The van der Waals surface area contributed by atoms with Crippen molar-refractivity contribution in [3.63, 3.8) is 0 Å². The largest absolute Gasteiger partial charge is 0.491 e. The summed E-state index contributed by atoms with van der Waals surface area (Å²) in [5.41, 5.74) is 0.495. The first-order valence-electron chi connectivity index (χ1n) is 4.66. The summed E-state index contributed by atoms with van der Waals surface area (Å²) >= 11 is 0. The van der Waals surface area contributed by atoms with Crippen LogP contribution in [0.25, 0.3) is 0 Å². The highest BCUT2D eigenvalue weighted by Gasteiger charge is 2.25. The summed E-state index contributed by atoms with van der Waals surface area (Å²) in [5, 5.41) is 2.89. The highest BCUT2D eigenvalue weighted by atomic mass is 16.5. The van der Waals surface area contributed by atoms with Crippen LogP contribution in [0.2, 0.25) is 0 Å². The van der Waals surface area contributed by atoms with Crippen molar-refractivity contribution in [1.82, 2.24) is 5.32 Å². The number of rotatable bonds is 4. The van der Waals surface area contributed by atoms with Gasteiger partial charge in [-0.15, -0.1) is 0 Å². The van der Waals surface area contributed by atoms with E-state index < -0.39 is 0 Å². The predicted molar refractivity (Wildman–Crippen MR) is 50.3 cm³/mol. The minimum Gasteiger partial charge on any atom is -0.491 e. The van der Waals surface area contributed by atoms with Gasteiger partial charge in [0.2, 0.25) is 0 Å². The average Bonchev–Trinajstić information content (AvgIpc) is 3.01. The number of nitrogens with one attached hydrogen (secondary N) is 1. The molecule has 0 radical (unpaired) electrons. The molecule has 14 heavy (non-hydrogen) atoms. The molecule has 1 fully saturated rings. The number of ether oxygens (including phenoxy) is 2. The van der Waals surface area contributed by atoms with Crippen LogP contribution < -0.4 is 5.32 Å². The maximum Gasteiger partial charge on any atom is 0.166 e. The Labute approximate surface area is 82.6 Å². The van der Waals surface area contributed by atoms with Crippen LogP contribution in [0.15, 0.2) is 23.6 Å². The lowest BCUT2D eigenvalue weighted by molar-refractivity contribution is -0.105. The molecule has 1 unspecified atom stereocenters. The fourth-order valence-electron chi connectivity index (χ4n) is 1.24. The molecule has 0 amide bonds. The second-order valence-corrected chi connectivity index (χ2v) is 3.40. The third kappa shape index (κ3) is 2.14. The molecule has 0 aromatic heterocycles. The summed E-state index contributed by atoms with van der Waals surface area (Å²) in [6.45, 7) is 0. The van der Waals surface area contributed by atoms with Gasteiger partial charge in [-0.25, -0.2) is 0 Å². The first kappa shape index (κ1) is 9.27. The first-order valence-corrected chi connectivity index (χ1v) is 4.66. The van der Waals surface area contributed by atoms with Gasteiger partial charge in [0, 0.05) is 19.3 Å². The molecule has 0 spiro atoms. The Hall–Kier alpha value is -1.29. The van der Waals surface area contributed by atoms with E-state index in [1.807, 2.05) is 6.08 Å². The third-order valence-electron chi connectivity index (χ3n) is 2.13. The van der Waals surface area contributed by atoms with Crippen molar-refractivity contribution in [3.8, 4) is 0 Å². The van der Waals surface area contributed by atoms with Crippen LogP contribution in [-0.4, -0.2) is 25.7 Å². The normalized spacial score (nSPS) is 25.9. The number of allylic oxidation sites excluding steroid dienone is 2. The number of dihydropyridines is 1. The van der Waals surface area contributed by atoms with E-state index in [1.54, 1.807) is 13.2 Å². The topological polar surface area (TPSA) is 47.6 Å². The number of hydrogen-bond donors (Lipinski definition) is 1. The van der Waals surface area contributed by atoms with Gasteiger partial charge in [-0.1, -0.05) is 0 Å². The molecule has 76 valence electrons. The van der Waals surface area contributed by atoms with Gasteiger partial charge in [-0.05, 0) is 12.8 Å². The molecule has 4 nitrogen and oxygen atoms in total. The van der Waals surface area contributed by atoms with Crippen molar-refractivity contribution in [3.05, 3.63) is 23.6 Å². The predicted octanol–water partition coefficient (Wildman–Crippen LogP) is 0.708. The van der Waals surface area contributed by atoms with Crippen LogP contribution in [0.3, 0.4) is 0 Å². The van der Waals surface area contributed by atoms with Crippen LogP contribution in [0.4, 0.5) is 0 Å². The zero-order valence-corrected chi connectivity index (χ0v) is 8.03. The van der Waals surface area contributed by atoms with Crippen molar-refractivity contribution >= 4 is 6.29 Å². The van der Waals surface area contributed by atoms with Crippen molar-refractivity contribution < 1.29 is 14.3 Å². The molecular weight excluding hydrogens is 182 g/mol. The van der Waals surface area contributed by atoms with Crippen molar-refractivity contribution in [1.29, 1.82) is 0 Å². The molecule has 1 N–H and O–H groups in total. The average molecular weight is 195 g/mol. The van der Waals surface area contributed by atoms with Crippen molar-refractivity contribution in [2.75, 3.05) is 7.11 Å². The van der Waals surface area contributed by atoms with Gasteiger partial charge in [0.25, 0.3) is 0 Å². The van der Waals surface area contributed by atoms with Gasteiger partial charge in [0.05, 0.1) is 11.8 Å². The van der Waals surface area contributed by atoms with Crippen LogP contribution in [0, 0.1) is 0 Å². The highest BCUT2D eigenvalue weighted by molar-refractivity contribution is 5.73. The molecule has 1 atom stereocenters. The Kier molecular flexibility index (Phi) is 2.54. The smallest absolute Gasteiger partial charge is 0.166 e. The Morgan fingerprint density at radius 2 is 2.36 bits per heavy atom. The van der Waals surface area contributed by atoms with Crippen LogP contribution in [0.5, 0.6) is 0 Å². The molecule has 2 aliphatic rings. The van der Waals surface area contributed by atoms with E-state index in [-0.39, 0.29) is 6.23 Å². The minimum absolute atomic E-state index is 0.269. The molecule has 1 aliphatic heterocycles. The molecule has 1 heterocycles. The second kappa shape index (κ2) is 3.84. The van der Waals surface area contributed by atoms with Crippen molar-refractivity contribution in [2.24, 2.45) is 0 Å². The summed E-state index contributed by atoms with van der Waals surface area (Å²) in [7, 11) is 1.58. The van der Waals surface area contributed by atoms with E-state index in [2.05, 4.69) is 5.32 Å². The quantitative estimate of drug-likeness (QED) is 0.671. The molecule has 0 aromatic rings. The first-order chi connectivity index (χ1) is 6.81. The Morgan fingerprint density at radius 3 is 2.93 bits per heavy atom. The maximum absolute atomic E-state index is 10.6. The van der Waals surface area contributed by atoms with Gasteiger partial charge in [0.15, 0.2) is 12.5 Å². The van der Waals surface area contributed by atoms with Crippen LogP contribution in [0.1, 0.15) is 12.8 Å². The lowest BCUT2D eigenvalue weighted by atomic mass is 10.2. The fourth-order valence-corrected chi connectivity index (χ4v) is 1.24. The molecule has 0 bridgehead atoms. The van der Waals surface area contributed by atoms with Gasteiger partial charge < -0.3 is 14.8 Å². The standard InChI is InChI=1S/C10H13NO3/c1-13-10-5-9(14-8-2-3-8)4-7(6-12)11-10/h4-6,8,10-11H,2-3H2,1H3. The number of methoxy groups -OCH3 is 1. The van der Waals surface area contributed by atoms with Crippen LogP contribution >= 0.6 is 0 Å². The summed E-state index contributed by atoms with van der Waals surface area (Å²) in [6, 6.07) is 0. The van der Waals surface area contributed by atoms with Crippen molar-refractivity contribution in [2.45, 2.75) is 25.2 Å². The lowest BCUT2D eigenvalue weighted by Crippen LogP contribution is -2.32. The number of carbonyl (C=O) groups is 1. The van der Waals surface area contributed by atoms with Gasteiger partial charge in [-0.2, -0.15) is 0 Å². The number of carbonyl (C=O) groups excluding carboxylic acids is 1. The maximum atomic E-state index is 10.6. The van der Waals surface area contributed by atoms with E-state index in [9.17, 15) is 4.79 Å².